The van der Waals surface area contributed by atoms with Gasteiger partial charge in [0.15, 0.2) is 17.3 Å². The fraction of sp³-hybridized carbons (Fsp3) is 0.682. The third-order valence-corrected chi connectivity index (χ3v) is 6.90. The molecule has 3 aliphatic rings. The highest BCUT2D eigenvalue weighted by Crippen LogP contribution is 2.48. The molecule has 4 heterocycles. The zero-order valence-corrected chi connectivity index (χ0v) is 18.7. The number of hydrogen-bond donors (Lipinski definition) is 1. The van der Waals surface area contributed by atoms with Crippen LogP contribution in [0.4, 0.5) is 5.82 Å². The first kappa shape index (κ1) is 20.8. The van der Waals surface area contributed by atoms with E-state index in [0.29, 0.717) is 41.6 Å². The molecule has 168 valence electrons. The zero-order chi connectivity index (χ0) is 22.0. The van der Waals surface area contributed by atoms with Crippen LogP contribution >= 0.6 is 0 Å². The van der Waals surface area contributed by atoms with E-state index in [1.807, 2.05) is 18.4 Å². The number of nitrogen functional groups attached to an aromatic ring is 1. The van der Waals surface area contributed by atoms with Crippen LogP contribution in [0.1, 0.15) is 40.5 Å². The molecule has 3 unspecified atom stereocenters. The Balaban J connectivity index is 1.46. The minimum Gasteiger partial charge on any atom is -0.382 e. The number of imidazole rings is 1. The van der Waals surface area contributed by atoms with Gasteiger partial charge in [-0.25, -0.2) is 15.0 Å². The van der Waals surface area contributed by atoms with Crippen LogP contribution in [0.15, 0.2) is 25.3 Å². The van der Waals surface area contributed by atoms with E-state index in [-0.39, 0.29) is 12.2 Å². The monoisotopic (exact) mass is 428 g/mol. The number of aromatic nitrogens is 4. The Hall–Kier alpha value is -2.07. The molecule has 0 aromatic carbocycles. The summed E-state index contributed by atoms with van der Waals surface area (Å²) in [6.07, 6.45) is 7.09. The molecular formula is C22H32N6O3. The summed E-state index contributed by atoms with van der Waals surface area (Å²) in [4.78, 5) is 15.5. The molecule has 2 aromatic rings. The van der Waals surface area contributed by atoms with Crippen molar-refractivity contribution in [1.29, 1.82) is 0 Å². The Morgan fingerprint density at radius 2 is 2.10 bits per heavy atom. The molecule has 2 saturated heterocycles. The molecule has 1 aliphatic carbocycles. The number of ether oxygens (including phenoxy) is 3. The summed E-state index contributed by atoms with van der Waals surface area (Å²) in [5, 5.41) is 0. The first-order chi connectivity index (χ1) is 14.7. The minimum atomic E-state index is -0.852. The molecule has 0 amide bonds. The summed E-state index contributed by atoms with van der Waals surface area (Å²) in [6, 6.07) is 0.949. The van der Waals surface area contributed by atoms with Gasteiger partial charge < -0.3 is 19.9 Å². The van der Waals surface area contributed by atoms with Gasteiger partial charge in [-0.05, 0) is 46.5 Å². The smallest absolute Gasteiger partial charge is 0.203 e. The summed E-state index contributed by atoms with van der Waals surface area (Å²) in [5.41, 5.74) is 6.34. The van der Waals surface area contributed by atoms with Crippen LogP contribution in [-0.4, -0.2) is 67.6 Å². The Kier molecular flexibility index (Phi) is 4.85. The number of fused-ring (bicyclic) bond motifs is 2. The van der Waals surface area contributed by atoms with E-state index >= 15 is 0 Å². The van der Waals surface area contributed by atoms with Gasteiger partial charge in [0, 0.05) is 18.6 Å². The van der Waals surface area contributed by atoms with Crippen molar-refractivity contribution in [3.05, 3.63) is 25.3 Å². The van der Waals surface area contributed by atoms with Gasteiger partial charge in [0.1, 0.15) is 24.1 Å². The Labute approximate surface area is 182 Å². The maximum absolute atomic E-state index is 6.50. The molecule has 0 radical (unpaired) electrons. The molecule has 2 aromatic heterocycles. The van der Waals surface area contributed by atoms with Crippen molar-refractivity contribution in [3.63, 3.8) is 0 Å². The predicted octanol–water partition coefficient (Wildman–Crippen LogP) is 2.29. The Morgan fingerprint density at radius 1 is 1.32 bits per heavy atom. The standard InChI is InChI=1S/C22H32N6O3/c1-6-14-7-15(8-14)27(13(2)3)9-16-18-22(10-29-16,31-21(4,5)30-18)28-12-26-17-19(23)24-11-25-20(17)28/h6,11-16,18H,1,7-10H2,2-5H3,(H2,23,24,25). The Morgan fingerprint density at radius 3 is 2.81 bits per heavy atom. The second-order valence-corrected chi connectivity index (χ2v) is 9.69. The minimum absolute atomic E-state index is 0.136. The van der Waals surface area contributed by atoms with Crippen molar-refractivity contribution in [3.8, 4) is 0 Å². The fourth-order valence-electron chi connectivity index (χ4n) is 5.31. The fourth-order valence-corrected chi connectivity index (χ4v) is 5.31. The molecule has 1 saturated carbocycles. The van der Waals surface area contributed by atoms with Crippen LogP contribution < -0.4 is 5.73 Å². The van der Waals surface area contributed by atoms with E-state index in [1.165, 1.54) is 6.33 Å². The lowest BCUT2D eigenvalue weighted by molar-refractivity contribution is -0.206. The lowest BCUT2D eigenvalue weighted by Crippen LogP contribution is -2.53. The number of nitrogens with zero attached hydrogens (tertiary/aromatic N) is 5. The van der Waals surface area contributed by atoms with E-state index in [0.717, 1.165) is 19.4 Å². The zero-order valence-electron chi connectivity index (χ0n) is 18.7. The molecule has 9 nitrogen and oxygen atoms in total. The van der Waals surface area contributed by atoms with Gasteiger partial charge in [0.05, 0.1) is 12.9 Å². The van der Waals surface area contributed by atoms with Crippen LogP contribution in [0.25, 0.3) is 11.2 Å². The highest BCUT2D eigenvalue weighted by molar-refractivity contribution is 5.81. The molecule has 5 rings (SSSR count). The first-order valence-electron chi connectivity index (χ1n) is 11.1. The largest absolute Gasteiger partial charge is 0.382 e. The lowest BCUT2D eigenvalue weighted by atomic mass is 9.79. The van der Waals surface area contributed by atoms with Gasteiger partial charge in [-0.1, -0.05) is 6.08 Å². The maximum atomic E-state index is 6.50. The molecular weight excluding hydrogens is 396 g/mol. The number of allylic oxidation sites excluding steroid dienone is 1. The summed E-state index contributed by atoms with van der Waals surface area (Å²) >= 11 is 0. The summed E-state index contributed by atoms with van der Waals surface area (Å²) < 4.78 is 21.2. The third kappa shape index (κ3) is 3.26. The second-order valence-electron chi connectivity index (χ2n) is 9.69. The molecule has 2 aliphatic heterocycles. The van der Waals surface area contributed by atoms with Crippen LogP contribution in [0, 0.1) is 5.92 Å². The third-order valence-electron chi connectivity index (χ3n) is 6.90. The van der Waals surface area contributed by atoms with Crippen LogP contribution in [-0.2, 0) is 19.9 Å². The topological polar surface area (TPSA) is 101 Å². The van der Waals surface area contributed by atoms with Crippen molar-refractivity contribution in [1.82, 2.24) is 24.4 Å². The molecule has 31 heavy (non-hydrogen) atoms. The average molecular weight is 429 g/mol. The number of anilines is 1. The second kappa shape index (κ2) is 7.23. The van der Waals surface area contributed by atoms with E-state index in [2.05, 4.69) is 46.4 Å². The van der Waals surface area contributed by atoms with Crippen molar-refractivity contribution in [2.24, 2.45) is 5.92 Å². The van der Waals surface area contributed by atoms with Gasteiger partial charge >= 0.3 is 0 Å². The van der Waals surface area contributed by atoms with Crippen LogP contribution in [0.2, 0.25) is 0 Å². The number of hydrogen-bond acceptors (Lipinski definition) is 8. The highest BCUT2D eigenvalue weighted by Gasteiger charge is 2.63. The number of rotatable bonds is 6. The molecule has 0 bridgehead atoms. The normalized spacial score (nSPS) is 34.4. The van der Waals surface area contributed by atoms with E-state index in [4.69, 9.17) is 19.9 Å². The van der Waals surface area contributed by atoms with E-state index in [1.54, 1.807) is 6.33 Å². The molecule has 9 heteroatoms. The quantitative estimate of drug-likeness (QED) is 0.700. The molecule has 2 N–H and O–H groups in total. The van der Waals surface area contributed by atoms with E-state index < -0.39 is 11.5 Å². The lowest BCUT2D eigenvalue weighted by Gasteiger charge is -2.45. The van der Waals surface area contributed by atoms with Gasteiger partial charge in [-0.15, -0.1) is 6.58 Å². The van der Waals surface area contributed by atoms with Gasteiger partial charge in [0.25, 0.3) is 0 Å². The molecule has 3 atom stereocenters. The summed E-state index contributed by atoms with van der Waals surface area (Å²) in [7, 11) is 0. The van der Waals surface area contributed by atoms with Crippen molar-refractivity contribution < 1.29 is 14.2 Å². The summed E-state index contributed by atoms with van der Waals surface area (Å²) in [6.45, 7) is 13.4. The van der Waals surface area contributed by atoms with Gasteiger partial charge in [-0.3, -0.25) is 9.47 Å². The van der Waals surface area contributed by atoms with Crippen LogP contribution in [0.3, 0.4) is 0 Å². The number of nitrogens with two attached hydrogens (primary N) is 1. The Bertz CT molecular complexity index is 985. The maximum Gasteiger partial charge on any atom is 0.203 e. The average Bonchev–Trinajstić information content (AvgIpc) is 3.31. The molecule has 3 fully saturated rings. The van der Waals surface area contributed by atoms with Crippen LogP contribution in [0.5, 0.6) is 0 Å². The first-order valence-corrected chi connectivity index (χ1v) is 11.1. The van der Waals surface area contributed by atoms with Crippen molar-refractivity contribution >= 4 is 17.0 Å². The molecule has 0 spiro atoms. The van der Waals surface area contributed by atoms with Crippen molar-refractivity contribution in [2.45, 2.75) is 76.3 Å². The SMILES string of the molecule is C=CC1CC(N(CC2OCC3(n4cnc5c(N)ncnc54)OC(C)(C)OC23)C(C)C)C1. The van der Waals surface area contributed by atoms with Gasteiger partial charge in [-0.2, -0.15) is 0 Å². The predicted molar refractivity (Wildman–Crippen MR) is 116 cm³/mol. The summed E-state index contributed by atoms with van der Waals surface area (Å²) in [5.74, 6) is 0.204. The van der Waals surface area contributed by atoms with E-state index in [9.17, 15) is 0 Å². The highest BCUT2D eigenvalue weighted by atomic mass is 16.8. The van der Waals surface area contributed by atoms with Gasteiger partial charge in [0.2, 0.25) is 5.72 Å². The van der Waals surface area contributed by atoms with Crippen molar-refractivity contribution in [2.75, 3.05) is 18.9 Å².